The topological polar surface area (TPSA) is 49.7 Å². The zero-order valence-corrected chi connectivity index (χ0v) is 12.6. The number of sulfonamides is 1. The van der Waals surface area contributed by atoms with Crippen molar-refractivity contribution in [3.05, 3.63) is 24.3 Å². The maximum Gasteiger partial charge on any atom is 0.285 e. The van der Waals surface area contributed by atoms with Crippen molar-refractivity contribution >= 4 is 34.7 Å². The number of thiol groups is 1. The molecule has 1 aromatic rings. The summed E-state index contributed by atoms with van der Waals surface area (Å²) in [5, 5.41) is 0. The lowest BCUT2D eigenvalue weighted by atomic mass is 10.1. The lowest BCUT2D eigenvalue weighted by Gasteiger charge is -2.28. The molecule has 0 saturated heterocycles. The van der Waals surface area contributed by atoms with Crippen LogP contribution in [0.25, 0.3) is 0 Å². The van der Waals surface area contributed by atoms with Crippen molar-refractivity contribution in [3.8, 4) is 0 Å². The molecule has 0 fully saturated rings. The zero-order chi connectivity index (χ0) is 13.9. The van der Waals surface area contributed by atoms with Gasteiger partial charge in [-0.2, -0.15) is 21.0 Å². The third-order valence-corrected chi connectivity index (χ3v) is 4.98. The fourth-order valence-corrected chi connectivity index (χ4v) is 3.57. The Bertz CT molecular complexity index is 570. The molecule has 1 heterocycles. The van der Waals surface area contributed by atoms with Gasteiger partial charge in [-0.05, 0) is 30.2 Å². The minimum atomic E-state index is -3.52. The van der Waals surface area contributed by atoms with Crippen molar-refractivity contribution in [1.82, 2.24) is 0 Å². The second kappa shape index (κ2) is 5.96. The summed E-state index contributed by atoms with van der Waals surface area (Å²) in [7, 11) is -3.52. The average molecular weight is 298 g/mol. The van der Waals surface area contributed by atoms with Crippen molar-refractivity contribution in [2.24, 2.45) is 10.3 Å². The minimum absolute atomic E-state index is 0.284. The summed E-state index contributed by atoms with van der Waals surface area (Å²) in [6.45, 7) is 2.88. The van der Waals surface area contributed by atoms with Gasteiger partial charge in [0.15, 0.2) is 0 Å². The van der Waals surface area contributed by atoms with Crippen LogP contribution >= 0.6 is 12.6 Å². The van der Waals surface area contributed by atoms with Crippen LogP contribution in [0.15, 0.2) is 33.6 Å². The highest BCUT2D eigenvalue weighted by Crippen LogP contribution is 2.30. The third kappa shape index (κ3) is 3.12. The molecule has 0 amide bonds. The Morgan fingerprint density at radius 3 is 2.79 bits per heavy atom. The highest BCUT2D eigenvalue weighted by molar-refractivity contribution is 7.90. The van der Waals surface area contributed by atoms with E-state index in [2.05, 4.69) is 24.0 Å². The number of anilines is 1. The van der Waals surface area contributed by atoms with Crippen LogP contribution in [0.2, 0.25) is 0 Å². The fourth-order valence-electron chi connectivity index (χ4n) is 2.22. The van der Waals surface area contributed by atoms with E-state index in [1.807, 2.05) is 17.0 Å². The molecule has 0 spiro atoms. The monoisotopic (exact) mass is 298 g/mol. The van der Waals surface area contributed by atoms with E-state index >= 15 is 0 Å². The number of benzene rings is 1. The van der Waals surface area contributed by atoms with E-state index in [1.54, 1.807) is 12.1 Å². The van der Waals surface area contributed by atoms with E-state index in [4.69, 9.17) is 0 Å². The van der Waals surface area contributed by atoms with Crippen LogP contribution in [-0.4, -0.2) is 27.1 Å². The molecular weight excluding hydrogens is 280 g/mol. The van der Waals surface area contributed by atoms with E-state index in [0.29, 0.717) is 11.6 Å². The normalized spacial score (nSPS) is 18.1. The highest BCUT2D eigenvalue weighted by Gasteiger charge is 2.25. The quantitative estimate of drug-likeness (QED) is 0.850. The lowest BCUT2D eigenvalue weighted by molar-refractivity contribution is 0.543. The average Bonchev–Trinajstić information content (AvgIpc) is 2.41. The Morgan fingerprint density at radius 2 is 2.11 bits per heavy atom. The SMILES string of the molecule is CCCC(CS)CN1C=NS(=O)(=O)c2ccccc21. The van der Waals surface area contributed by atoms with E-state index in [1.165, 1.54) is 6.34 Å². The molecule has 0 N–H and O–H groups in total. The summed E-state index contributed by atoms with van der Waals surface area (Å²) in [6, 6.07) is 6.98. The predicted molar refractivity (Wildman–Crippen MR) is 81.7 cm³/mol. The van der Waals surface area contributed by atoms with Gasteiger partial charge in [-0.1, -0.05) is 25.5 Å². The van der Waals surface area contributed by atoms with Crippen molar-refractivity contribution in [2.75, 3.05) is 17.2 Å². The van der Waals surface area contributed by atoms with Gasteiger partial charge in [0.2, 0.25) is 0 Å². The first kappa shape index (κ1) is 14.4. The first-order chi connectivity index (χ1) is 9.08. The third-order valence-electron chi connectivity index (χ3n) is 3.19. The molecule has 1 atom stereocenters. The van der Waals surface area contributed by atoms with Crippen molar-refractivity contribution in [3.63, 3.8) is 0 Å². The summed E-state index contributed by atoms with van der Waals surface area (Å²) < 4.78 is 27.4. The van der Waals surface area contributed by atoms with Gasteiger partial charge in [0, 0.05) is 6.54 Å². The molecule has 1 aromatic carbocycles. The first-order valence-corrected chi connectivity index (χ1v) is 8.42. The van der Waals surface area contributed by atoms with E-state index < -0.39 is 10.0 Å². The molecule has 1 aliphatic heterocycles. The Morgan fingerprint density at radius 1 is 1.37 bits per heavy atom. The molecule has 0 saturated carbocycles. The van der Waals surface area contributed by atoms with Gasteiger partial charge in [-0.3, -0.25) is 0 Å². The first-order valence-electron chi connectivity index (χ1n) is 6.35. The molecule has 6 heteroatoms. The second-order valence-electron chi connectivity index (χ2n) is 4.65. The van der Waals surface area contributed by atoms with Gasteiger partial charge < -0.3 is 4.90 Å². The zero-order valence-electron chi connectivity index (χ0n) is 10.9. The molecule has 4 nitrogen and oxygen atoms in total. The van der Waals surface area contributed by atoms with Gasteiger partial charge >= 0.3 is 0 Å². The fraction of sp³-hybridized carbons (Fsp3) is 0.462. The van der Waals surface area contributed by atoms with E-state index in [9.17, 15) is 8.42 Å². The van der Waals surface area contributed by atoms with Gasteiger partial charge in [-0.15, -0.1) is 4.40 Å². The molecule has 104 valence electrons. The Labute approximate surface area is 120 Å². The summed E-state index contributed by atoms with van der Waals surface area (Å²) in [6.07, 6.45) is 3.59. The Kier molecular flexibility index (Phi) is 4.52. The summed E-state index contributed by atoms with van der Waals surface area (Å²) >= 11 is 4.36. The molecule has 0 radical (unpaired) electrons. The predicted octanol–water partition coefficient (Wildman–Crippen LogP) is 2.57. The van der Waals surface area contributed by atoms with Crippen LogP contribution in [0.3, 0.4) is 0 Å². The van der Waals surface area contributed by atoms with Crippen LogP contribution < -0.4 is 4.90 Å². The minimum Gasteiger partial charge on any atom is -0.330 e. The maximum absolute atomic E-state index is 11.9. The highest BCUT2D eigenvalue weighted by atomic mass is 32.2. The number of fused-ring (bicyclic) bond motifs is 1. The van der Waals surface area contributed by atoms with Crippen molar-refractivity contribution in [1.29, 1.82) is 0 Å². The Hall–Kier alpha value is -1.01. The van der Waals surface area contributed by atoms with E-state index in [-0.39, 0.29) is 4.90 Å². The molecule has 0 bridgehead atoms. The number of nitrogens with zero attached hydrogens (tertiary/aromatic N) is 2. The van der Waals surface area contributed by atoms with Gasteiger partial charge in [0.25, 0.3) is 10.0 Å². The van der Waals surface area contributed by atoms with E-state index in [0.717, 1.165) is 25.1 Å². The van der Waals surface area contributed by atoms with Crippen molar-refractivity contribution < 1.29 is 8.42 Å². The molecule has 1 unspecified atom stereocenters. The van der Waals surface area contributed by atoms with Crippen LogP contribution in [0.4, 0.5) is 5.69 Å². The van der Waals surface area contributed by atoms with Crippen LogP contribution in [0, 0.1) is 5.92 Å². The summed E-state index contributed by atoms with van der Waals surface area (Å²) in [4.78, 5) is 2.19. The van der Waals surface area contributed by atoms with Crippen LogP contribution in [0.1, 0.15) is 19.8 Å². The largest absolute Gasteiger partial charge is 0.330 e. The summed E-state index contributed by atoms with van der Waals surface area (Å²) in [5.74, 6) is 1.21. The van der Waals surface area contributed by atoms with Crippen molar-refractivity contribution in [2.45, 2.75) is 24.7 Å². The summed E-state index contributed by atoms with van der Waals surface area (Å²) in [5.41, 5.74) is 0.709. The lowest BCUT2D eigenvalue weighted by Crippen LogP contribution is -2.32. The second-order valence-corrected chi connectivity index (χ2v) is 6.62. The number of hydrogen-bond donors (Lipinski definition) is 1. The molecule has 1 aliphatic rings. The van der Waals surface area contributed by atoms with Gasteiger partial charge in [0.1, 0.15) is 11.2 Å². The van der Waals surface area contributed by atoms with Gasteiger partial charge in [0.05, 0.1) is 5.69 Å². The molecule has 19 heavy (non-hydrogen) atoms. The Balaban J connectivity index is 2.29. The smallest absolute Gasteiger partial charge is 0.285 e. The molecule has 0 aliphatic carbocycles. The number of hydrogen-bond acceptors (Lipinski definition) is 4. The number of para-hydroxylation sites is 1. The molecular formula is C13H18N2O2S2. The number of rotatable bonds is 5. The standard InChI is InChI=1S/C13H18N2O2S2/c1-2-5-11(9-18)8-15-10-14-19(16,17)13-7-4-3-6-12(13)15/h3-4,6-7,10-11,18H,2,5,8-9H2,1H3. The molecule has 0 aromatic heterocycles. The molecule has 2 rings (SSSR count). The van der Waals surface area contributed by atoms with Crippen LogP contribution in [0.5, 0.6) is 0 Å². The maximum atomic E-state index is 11.9. The van der Waals surface area contributed by atoms with Gasteiger partial charge in [-0.25, -0.2) is 0 Å². The van der Waals surface area contributed by atoms with Crippen LogP contribution in [-0.2, 0) is 10.0 Å².